The fourth-order valence-corrected chi connectivity index (χ4v) is 1.48. The van der Waals surface area contributed by atoms with Crippen LogP contribution in [0.4, 0.5) is 5.69 Å². The summed E-state index contributed by atoms with van der Waals surface area (Å²) < 4.78 is 0. The maximum Gasteiger partial charge on any atom is 0.0610 e. The van der Waals surface area contributed by atoms with E-state index in [2.05, 4.69) is 4.99 Å². The molecule has 1 aromatic carbocycles. The second kappa shape index (κ2) is 4.07. The van der Waals surface area contributed by atoms with Crippen LogP contribution >= 0.6 is 0 Å². The van der Waals surface area contributed by atoms with Crippen molar-refractivity contribution in [3.05, 3.63) is 42.2 Å². The minimum atomic E-state index is 0.138. The number of anilines is 1. The normalized spacial score (nSPS) is 13.9. The molecule has 1 heterocycles. The molecule has 0 fully saturated rings. The predicted octanol–water partition coefficient (Wildman–Crippen LogP) is 1.39. The number of fused-ring (bicyclic) bond motifs is 1. The Labute approximate surface area is 83.0 Å². The van der Waals surface area contributed by atoms with Crippen LogP contribution in [-0.2, 0) is 0 Å². The first-order valence-corrected chi connectivity index (χ1v) is 4.58. The third-order valence-corrected chi connectivity index (χ3v) is 2.13. The van der Waals surface area contributed by atoms with E-state index in [1.807, 2.05) is 41.6 Å². The number of β-amino-alcohol motifs (C(OH)–C–C–N with tert-alkyl or cyclic N) is 1. The van der Waals surface area contributed by atoms with Crippen LogP contribution in [0.2, 0.25) is 0 Å². The van der Waals surface area contributed by atoms with Gasteiger partial charge in [-0.25, -0.2) is 0 Å². The lowest BCUT2D eigenvalue weighted by molar-refractivity contribution is 0.305. The van der Waals surface area contributed by atoms with Crippen molar-refractivity contribution in [2.45, 2.75) is 0 Å². The van der Waals surface area contributed by atoms with Crippen LogP contribution in [0.1, 0.15) is 5.56 Å². The summed E-state index contributed by atoms with van der Waals surface area (Å²) in [6.45, 7) is 0.732. The summed E-state index contributed by atoms with van der Waals surface area (Å²) in [6, 6.07) is 7.99. The van der Waals surface area contributed by atoms with E-state index in [1.54, 1.807) is 6.20 Å². The Morgan fingerprint density at radius 3 is 3.00 bits per heavy atom. The lowest BCUT2D eigenvalue weighted by Gasteiger charge is -2.19. The molecule has 3 nitrogen and oxygen atoms in total. The van der Waals surface area contributed by atoms with Gasteiger partial charge in [0.15, 0.2) is 0 Å². The minimum Gasteiger partial charge on any atom is -0.395 e. The number of aliphatic hydroxyl groups is 1. The van der Waals surface area contributed by atoms with E-state index in [0.717, 1.165) is 11.3 Å². The van der Waals surface area contributed by atoms with Crippen LogP contribution in [0, 0.1) is 0 Å². The molecule has 0 saturated heterocycles. The molecule has 1 aromatic rings. The molecule has 14 heavy (non-hydrogen) atoms. The molecular formula is C11H12N2O. The third kappa shape index (κ3) is 1.67. The van der Waals surface area contributed by atoms with E-state index in [9.17, 15) is 0 Å². The summed E-state index contributed by atoms with van der Waals surface area (Å²) in [5.41, 5.74) is 2.16. The lowest BCUT2D eigenvalue weighted by Crippen LogP contribution is -2.20. The predicted molar refractivity (Wildman–Crippen MR) is 57.6 cm³/mol. The highest BCUT2D eigenvalue weighted by atomic mass is 16.3. The average molecular weight is 188 g/mol. The molecule has 0 amide bonds. The number of aliphatic hydroxyl groups excluding tert-OH is 1. The molecule has 0 bridgehead atoms. The maximum atomic E-state index is 8.92. The second-order valence-corrected chi connectivity index (χ2v) is 3.05. The molecule has 2 rings (SSSR count). The average Bonchev–Trinajstić information content (AvgIpc) is 2.42. The highest BCUT2D eigenvalue weighted by molar-refractivity contribution is 5.89. The van der Waals surface area contributed by atoms with Gasteiger partial charge < -0.3 is 10.0 Å². The van der Waals surface area contributed by atoms with Crippen LogP contribution in [0.15, 0.2) is 41.7 Å². The van der Waals surface area contributed by atoms with Crippen LogP contribution in [0.3, 0.4) is 0 Å². The summed E-state index contributed by atoms with van der Waals surface area (Å²) >= 11 is 0. The molecule has 0 aliphatic carbocycles. The van der Waals surface area contributed by atoms with Gasteiger partial charge in [-0.15, -0.1) is 0 Å². The molecule has 0 aromatic heterocycles. The SMILES string of the molecule is OCCN1C=CN=Cc2ccccc21. The number of aliphatic imine (C=N–C) groups is 1. The van der Waals surface area contributed by atoms with Gasteiger partial charge in [0, 0.05) is 36.4 Å². The number of nitrogens with zero attached hydrogens (tertiary/aromatic N) is 2. The first-order chi connectivity index (χ1) is 6.92. The quantitative estimate of drug-likeness (QED) is 0.761. The van der Waals surface area contributed by atoms with E-state index < -0.39 is 0 Å². The number of hydrogen-bond acceptors (Lipinski definition) is 3. The summed E-state index contributed by atoms with van der Waals surface area (Å²) in [5.74, 6) is 0. The van der Waals surface area contributed by atoms with Gasteiger partial charge in [-0.1, -0.05) is 18.2 Å². The standard InChI is InChI=1S/C11H12N2O/c14-8-7-13-6-5-12-9-10-3-1-2-4-11(10)13/h1-6,9,14H,7-8H2. The van der Waals surface area contributed by atoms with Crippen LogP contribution < -0.4 is 4.90 Å². The zero-order valence-corrected chi connectivity index (χ0v) is 7.80. The Kier molecular flexibility index (Phi) is 2.60. The van der Waals surface area contributed by atoms with Crippen molar-refractivity contribution >= 4 is 11.9 Å². The fourth-order valence-electron chi connectivity index (χ4n) is 1.48. The van der Waals surface area contributed by atoms with Crippen LogP contribution in [-0.4, -0.2) is 24.5 Å². The molecule has 0 unspecified atom stereocenters. The van der Waals surface area contributed by atoms with Crippen molar-refractivity contribution in [2.24, 2.45) is 4.99 Å². The molecule has 1 aliphatic heterocycles. The zero-order valence-electron chi connectivity index (χ0n) is 7.80. The Balaban J connectivity index is 2.39. The summed E-state index contributed by atoms with van der Waals surface area (Å²) in [7, 11) is 0. The van der Waals surface area contributed by atoms with Gasteiger partial charge in [-0.3, -0.25) is 4.99 Å². The Morgan fingerprint density at radius 2 is 2.14 bits per heavy atom. The topological polar surface area (TPSA) is 35.8 Å². The monoisotopic (exact) mass is 188 g/mol. The van der Waals surface area contributed by atoms with E-state index in [4.69, 9.17) is 5.11 Å². The van der Waals surface area contributed by atoms with Crippen LogP contribution in [0.25, 0.3) is 0 Å². The summed E-state index contributed by atoms with van der Waals surface area (Å²) in [4.78, 5) is 6.10. The molecule has 3 heteroatoms. The van der Waals surface area contributed by atoms with Gasteiger partial charge in [0.05, 0.1) is 6.61 Å². The van der Waals surface area contributed by atoms with Gasteiger partial charge in [0.2, 0.25) is 0 Å². The van der Waals surface area contributed by atoms with Gasteiger partial charge >= 0.3 is 0 Å². The van der Waals surface area contributed by atoms with Crippen molar-refractivity contribution in [3.8, 4) is 0 Å². The highest BCUT2D eigenvalue weighted by Gasteiger charge is 2.07. The number of hydrogen-bond donors (Lipinski definition) is 1. The maximum absolute atomic E-state index is 8.92. The largest absolute Gasteiger partial charge is 0.395 e. The smallest absolute Gasteiger partial charge is 0.0610 e. The van der Waals surface area contributed by atoms with Crippen molar-refractivity contribution in [2.75, 3.05) is 18.1 Å². The van der Waals surface area contributed by atoms with E-state index in [-0.39, 0.29) is 6.61 Å². The molecule has 1 aliphatic rings. The van der Waals surface area contributed by atoms with E-state index >= 15 is 0 Å². The van der Waals surface area contributed by atoms with Crippen LogP contribution in [0.5, 0.6) is 0 Å². The summed E-state index contributed by atoms with van der Waals surface area (Å²) in [6.07, 6.45) is 5.43. The molecular weight excluding hydrogens is 176 g/mol. The van der Waals surface area contributed by atoms with E-state index in [0.29, 0.717) is 6.54 Å². The minimum absolute atomic E-state index is 0.138. The first-order valence-electron chi connectivity index (χ1n) is 4.58. The Hall–Kier alpha value is -1.61. The van der Waals surface area contributed by atoms with E-state index in [1.165, 1.54) is 0 Å². The molecule has 0 radical (unpaired) electrons. The highest BCUT2D eigenvalue weighted by Crippen LogP contribution is 2.20. The van der Waals surface area contributed by atoms with Crippen molar-refractivity contribution in [3.63, 3.8) is 0 Å². The molecule has 1 N–H and O–H groups in total. The van der Waals surface area contributed by atoms with Gasteiger partial charge in [-0.05, 0) is 6.07 Å². The van der Waals surface area contributed by atoms with Gasteiger partial charge in [0.25, 0.3) is 0 Å². The molecule has 0 atom stereocenters. The third-order valence-electron chi connectivity index (χ3n) is 2.13. The Bertz CT molecular complexity index is 371. The van der Waals surface area contributed by atoms with Gasteiger partial charge in [0.1, 0.15) is 0 Å². The van der Waals surface area contributed by atoms with Gasteiger partial charge in [-0.2, -0.15) is 0 Å². The zero-order chi connectivity index (χ0) is 9.80. The molecule has 0 saturated carbocycles. The first kappa shape index (κ1) is 8.97. The molecule has 0 spiro atoms. The van der Waals surface area contributed by atoms with Crippen molar-refractivity contribution < 1.29 is 5.11 Å². The number of para-hydroxylation sites is 1. The fraction of sp³-hybridized carbons (Fsp3) is 0.182. The second-order valence-electron chi connectivity index (χ2n) is 3.05. The summed E-state index contributed by atoms with van der Waals surface area (Å²) in [5, 5.41) is 8.92. The Morgan fingerprint density at radius 1 is 1.29 bits per heavy atom. The number of rotatable bonds is 2. The van der Waals surface area contributed by atoms with Crippen molar-refractivity contribution in [1.82, 2.24) is 0 Å². The lowest BCUT2D eigenvalue weighted by atomic mass is 10.2. The number of benzene rings is 1. The molecule has 72 valence electrons. The van der Waals surface area contributed by atoms with Crippen molar-refractivity contribution in [1.29, 1.82) is 0 Å².